The maximum atomic E-state index is 5.86. The monoisotopic (exact) mass is 223 g/mol. The summed E-state index contributed by atoms with van der Waals surface area (Å²) in [6.07, 6.45) is 0. The number of halogens is 1. The third kappa shape index (κ3) is 1.86. The molecule has 0 aliphatic heterocycles. The summed E-state index contributed by atoms with van der Waals surface area (Å²) in [5.41, 5.74) is 7.64. The standard InChI is InChI=1S/C10H10ClN3O/c1-15-10-9(5-12)13-8-4-6(11)2-3-7(8)14-10/h2-4H,5,12H2,1H3. The van der Waals surface area contributed by atoms with Crippen molar-refractivity contribution in [3.05, 3.63) is 28.9 Å². The van der Waals surface area contributed by atoms with Crippen LogP contribution in [0.25, 0.3) is 11.0 Å². The molecule has 0 unspecified atom stereocenters. The number of methoxy groups -OCH3 is 1. The zero-order valence-electron chi connectivity index (χ0n) is 8.20. The van der Waals surface area contributed by atoms with Gasteiger partial charge >= 0.3 is 0 Å². The lowest BCUT2D eigenvalue weighted by Crippen LogP contribution is -2.05. The molecule has 0 amide bonds. The third-order valence-electron chi connectivity index (χ3n) is 2.05. The second-order valence-electron chi connectivity index (χ2n) is 3.02. The molecule has 0 aliphatic carbocycles. The molecule has 15 heavy (non-hydrogen) atoms. The van der Waals surface area contributed by atoms with Crippen LogP contribution < -0.4 is 10.5 Å². The zero-order valence-corrected chi connectivity index (χ0v) is 8.95. The lowest BCUT2D eigenvalue weighted by Gasteiger charge is -2.06. The Kier molecular flexibility index (Phi) is 2.70. The number of nitrogens with zero attached hydrogens (tertiary/aromatic N) is 2. The van der Waals surface area contributed by atoms with E-state index in [1.54, 1.807) is 25.3 Å². The van der Waals surface area contributed by atoms with Crippen molar-refractivity contribution in [1.29, 1.82) is 0 Å². The van der Waals surface area contributed by atoms with Crippen molar-refractivity contribution in [1.82, 2.24) is 9.97 Å². The first kappa shape index (κ1) is 10.1. The zero-order chi connectivity index (χ0) is 10.8. The van der Waals surface area contributed by atoms with E-state index in [1.165, 1.54) is 0 Å². The molecule has 0 bridgehead atoms. The summed E-state index contributed by atoms with van der Waals surface area (Å²) in [4.78, 5) is 8.61. The van der Waals surface area contributed by atoms with Gasteiger partial charge in [0.25, 0.3) is 0 Å². The Morgan fingerprint density at radius 3 is 2.80 bits per heavy atom. The molecule has 0 radical (unpaired) electrons. The van der Waals surface area contributed by atoms with Gasteiger partial charge in [-0.2, -0.15) is 0 Å². The summed E-state index contributed by atoms with van der Waals surface area (Å²) in [7, 11) is 1.55. The summed E-state index contributed by atoms with van der Waals surface area (Å²) in [5, 5.41) is 0.630. The smallest absolute Gasteiger partial charge is 0.237 e. The number of nitrogens with two attached hydrogens (primary N) is 1. The normalized spacial score (nSPS) is 10.6. The molecule has 2 aromatic rings. The number of ether oxygens (including phenoxy) is 1. The number of benzene rings is 1. The maximum absolute atomic E-state index is 5.86. The van der Waals surface area contributed by atoms with E-state index < -0.39 is 0 Å². The van der Waals surface area contributed by atoms with Crippen molar-refractivity contribution < 1.29 is 4.74 Å². The minimum atomic E-state index is 0.290. The maximum Gasteiger partial charge on any atom is 0.237 e. The van der Waals surface area contributed by atoms with Gasteiger partial charge < -0.3 is 10.5 Å². The molecule has 1 aromatic carbocycles. The SMILES string of the molecule is COc1nc2ccc(Cl)cc2nc1CN. The third-order valence-corrected chi connectivity index (χ3v) is 2.28. The van der Waals surface area contributed by atoms with Gasteiger partial charge in [0, 0.05) is 11.6 Å². The number of hydrogen-bond donors (Lipinski definition) is 1. The van der Waals surface area contributed by atoms with Crippen LogP contribution in [-0.4, -0.2) is 17.1 Å². The van der Waals surface area contributed by atoms with Crippen LogP contribution in [-0.2, 0) is 6.54 Å². The second kappa shape index (κ2) is 4.00. The predicted molar refractivity (Wildman–Crippen MR) is 59.0 cm³/mol. The van der Waals surface area contributed by atoms with E-state index in [9.17, 15) is 0 Å². The molecular weight excluding hydrogens is 214 g/mol. The van der Waals surface area contributed by atoms with Gasteiger partial charge in [0.05, 0.1) is 18.1 Å². The Labute approximate surface area is 92.0 Å². The van der Waals surface area contributed by atoms with Gasteiger partial charge in [-0.25, -0.2) is 9.97 Å². The van der Waals surface area contributed by atoms with Gasteiger partial charge in [-0.15, -0.1) is 0 Å². The molecule has 78 valence electrons. The van der Waals surface area contributed by atoms with Gasteiger partial charge in [-0.05, 0) is 18.2 Å². The summed E-state index contributed by atoms with van der Waals surface area (Å²) >= 11 is 5.86. The Bertz CT molecular complexity index is 501. The summed E-state index contributed by atoms with van der Waals surface area (Å²) < 4.78 is 5.09. The van der Waals surface area contributed by atoms with Crippen LogP contribution in [0.15, 0.2) is 18.2 Å². The molecule has 4 nitrogen and oxygen atoms in total. The fourth-order valence-corrected chi connectivity index (χ4v) is 1.51. The Balaban J connectivity index is 2.69. The van der Waals surface area contributed by atoms with Gasteiger partial charge in [-0.1, -0.05) is 11.6 Å². The molecule has 0 saturated heterocycles. The van der Waals surface area contributed by atoms with Crippen molar-refractivity contribution in [3.63, 3.8) is 0 Å². The van der Waals surface area contributed by atoms with E-state index in [2.05, 4.69) is 9.97 Å². The highest BCUT2D eigenvalue weighted by atomic mass is 35.5. The molecular formula is C10H10ClN3O. The first-order chi connectivity index (χ1) is 7.24. The van der Waals surface area contributed by atoms with Gasteiger partial charge in [-0.3, -0.25) is 0 Å². The molecule has 0 saturated carbocycles. The summed E-state index contributed by atoms with van der Waals surface area (Å²) in [5.74, 6) is 0.465. The highest BCUT2D eigenvalue weighted by Crippen LogP contribution is 2.21. The van der Waals surface area contributed by atoms with Crippen molar-refractivity contribution in [2.75, 3.05) is 7.11 Å². The first-order valence-electron chi connectivity index (χ1n) is 4.45. The number of hydrogen-bond acceptors (Lipinski definition) is 4. The van der Waals surface area contributed by atoms with Crippen LogP contribution in [0.4, 0.5) is 0 Å². The van der Waals surface area contributed by atoms with E-state index in [4.69, 9.17) is 22.1 Å². The van der Waals surface area contributed by atoms with E-state index >= 15 is 0 Å². The average molecular weight is 224 g/mol. The molecule has 0 aliphatic rings. The Morgan fingerprint density at radius 1 is 1.33 bits per heavy atom. The van der Waals surface area contributed by atoms with Crippen LogP contribution in [0.3, 0.4) is 0 Å². The number of aromatic nitrogens is 2. The van der Waals surface area contributed by atoms with Crippen LogP contribution in [0.1, 0.15) is 5.69 Å². The highest BCUT2D eigenvalue weighted by Gasteiger charge is 2.07. The summed E-state index contributed by atoms with van der Waals surface area (Å²) in [6.45, 7) is 0.290. The molecule has 2 N–H and O–H groups in total. The average Bonchev–Trinajstić information content (AvgIpc) is 2.27. The molecule has 0 fully saturated rings. The molecule has 2 rings (SSSR count). The van der Waals surface area contributed by atoms with Crippen molar-refractivity contribution in [2.45, 2.75) is 6.54 Å². The lowest BCUT2D eigenvalue weighted by molar-refractivity contribution is 0.391. The topological polar surface area (TPSA) is 61.0 Å². The van der Waals surface area contributed by atoms with Crippen LogP contribution >= 0.6 is 11.6 Å². The van der Waals surface area contributed by atoms with E-state index in [-0.39, 0.29) is 0 Å². The van der Waals surface area contributed by atoms with Gasteiger partial charge in [0.2, 0.25) is 5.88 Å². The van der Waals surface area contributed by atoms with Crippen molar-refractivity contribution in [2.24, 2.45) is 5.73 Å². The quantitative estimate of drug-likeness (QED) is 0.843. The fourth-order valence-electron chi connectivity index (χ4n) is 1.34. The van der Waals surface area contributed by atoms with Crippen LogP contribution in [0.5, 0.6) is 5.88 Å². The molecule has 5 heteroatoms. The molecule has 0 atom stereocenters. The van der Waals surface area contributed by atoms with E-state index in [1.807, 2.05) is 0 Å². The largest absolute Gasteiger partial charge is 0.480 e. The minimum absolute atomic E-state index is 0.290. The fraction of sp³-hybridized carbons (Fsp3) is 0.200. The molecule has 1 aromatic heterocycles. The van der Waals surface area contributed by atoms with Gasteiger partial charge in [0.1, 0.15) is 5.69 Å². The minimum Gasteiger partial charge on any atom is -0.480 e. The van der Waals surface area contributed by atoms with Crippen molar-refractivity contribution in [3.8, 4) is 5.88 Å². The van der Waals surface area contributed by atoms with E-state index in [0.717, 1.165) is 11.0 Å². The highest BCUT2D eigenvalue weighted by molar-refractivity contribution is 6.31. The predicted octanol–water partition coefficient (Wildman–Crippen LogP) is 1.75. The summed E-state index contributed by atoms with van der Waals surface area (Å²) in [6, 6.07) is 5.32. The second-order valence-corrected chi connectivity index (χ2v) is 3.45. The van der Waals surface area contributed by atoms with Crippen LogP contribution in [0, 0.1) is 0 Å². The van der Waals surface area contributed by atoms with Crippen molar-refractivity contribution >= 4 is 22.6 Å². The lowest BCUT2D eigenvalue weighted by atomic mass is 10.3. The Morgan fingerprint density at radius 2 is 2.13 bits per heavy atom. The van der Waals surface area contributed by atoms with Crippen LogP contribution in [0.2, 0.25) is 5.02 Å². The molecule has 0 spiro atoms. The molecule has 1 heterocycles. The number of fused-ring (bicyclic) bond motifs is 1. The first-order valence-corrected chi connectivity index (χ1v) is 4.82. The van der Waals surface area contributed by atoms with E-state index in [0.29, 0.717) is 23.1 Å². The number of rotatable bonds is 2. The Hall–Kier alpha value is -1.39. The van der Waals surface area contributed by atoms with Gasteiger partial charge in [0.15, 0.2) is 0 Å².